The van der Waals surface area contributed by atoms with Crippen molar-refractivity contribution in [3.8, 4) is 0 Å². The van der Waals surface area contributed by atoms with Gasteiger partial charge in [0.1, 0.15) is 0 Å². The summed E-state index contributed by atoms with van der Waals surface area (Å²) in [6.07, 6.45) is 42.8. The minimum atomic E-state index is -0.560. The SMILES string of the molecule is CC(O)CO.CCCCCCCCCCCC.CCCCCCCCCCCC.CCCCCCCCCCCC. The van der Waals surface area contributed by atoms with E-state index in [0.717, 1.165) is 0 Å². The van der Waals surface area contributed by atoms with Gasteiger partial charge in [-0.1, -0.05) is 234 Å². The molecular weight excluding hydrogens is 500 g/mol. The van der Waals surface area contributed by atoms with Crippen molar-refractivity contribution >= 4 is 0 Å². The lowest BCUT2D eigenvalue weighted by Crippen LogP contribution is -2.03. The summed E-state index contributed by atoms with van der Waals surface area (Å²) < 4.78 is 0. The van der Waals surface area contributed by atoms with Crippen LogP contribution in [0, 0.1) is 0 Å². The van der Waals surface area contributed by atoms with Gasteiger partial charge in [-0.15, -0.1) is 0 Å². The summed E-state index contributed by atoms with van der Waals surface area (Å²) in [5.41, 5.74) is 0. The summed E-state index contributed by atoms with van der Waals surface area (Å²) in [6.45, 7) is 15.1. The highest BCUT2D eigenvalue weighted by Crippen LogP contribution is 2.11. The van der Waals surface area contributed by atoms with Crippen LogP contribution in [0.4, 0.5) is 0 Å². The summed E-state index contributed by atoms with van der Waals surface area (Å²) in [5.74, 6) is 0. The lowest BCUT2D eigenvalue weighted by molar-refractivity contribution is 0.110. The van der Waals surface area contributed by atoms with Crippen LogP contribution in [0.5, 0.6) is 0 Å². The molecule has 0 aliphatic heterocycles. The van der Waals surface area contributed by atoms with Crippen molar-refractivity contribution in [3.63, 3.8) is 0 Å². The van der Waals surface area contributed by atoms with Crippen LogP contribution in [0.2, 0.25) is 0 Å². The Kier molecular flexibility index (Phi) is 61.3. The predicted octanol–water partition coefficient (Wildman–Crippen LogP) is 14.1. The van der Waals surface area contributed by atoms with E-state index in [2.05, 4.69) is 41.5 Å². The van der Waals surface area contributed by atoms with Crippen LogP contribution in [0.15, 0.2) is 0 Å². The third-order valence-electron chi connectivity index (χ3n) is 7.64. The first kappa shape index (κ1) is 47.8. The van der Waals surface area contributed by atoms with E-state index in [1.807, 2.05) is 0 Å². The minimum absolute atomic E-state index is 0.139. The first-order valence-corrected chi connectivity index (χ1v) is 19.3. The molecule has 0 fully saturated rings. The molecule has 2 N–H and O–H groups in total. The fourth-order valence-electron chi connectivity index (χ4n) is 4.68. The topological polar surface area (TPSA) is 40.5 Å². The molecule has 0 saturated heterocycles. The van der Waals surface area contributed by atoms with E-state index in [1.165, 1.54) is 200 Å². The third-order valence-corrected chi connectivity index (χ3v) is 7.64. The number of unbranched alkanes of at least 4 members (excludes halogenated alkanes) is 27. The average molecular weight is 587 g/mol. The van der Waals surface area contributed by atoms with Gasteiger partial charge in [0.25, 0.3) is 0 Å². The van der Waals surface area contributed by atoms with E-state index >= 15 is 0 Å². The molecule has 0 aliphatic rings. The van der Waals surface area contributed by atoms with Crippen LogP contribution < -0.4 is 0 Å². The third kappa shape index (κ3) is 68.6. The average Bonchev–Trinajstić information content (AvgIpc) is 2.98. The van der Waals surface area contributed by atoms with Crippen LogP contribution in [0.3, 0.4) is 0 Å². The van der Waals surface area contributed by atoms with E-state index in [-0.39, 0.29) is 6.61 Å². The highest BCUT2D eigenvalue weighted by Gasteiger charge is 1.92. The van der Waals surface area contributed by atoms with Crippen molar-refractivity contribution in [2.45, 2.75) is 247 Å². The summed E-state index contributed by atoms with van der Waals surface area (Å²) in [5, 5.41) is 16.0. The largest absolute Gasteiger partial charge is 0.394 e. The highest BCUT2D eigenvalue weighted by atomic mass is 16.3. The van der Waals surface area contributed by atoms with E-state index in [4.69, 9.17) is 10.2 Å². The maximum atomic E-state index is 8.11. The van der Waals surface area contributed by atoms with Gasteiger partial charge >= 0.3 is 0 Å². The van der Waals surface area contributed by atoms with E-state index in [1.54, 1.807) is 0 Å². The van der Waals surface area contributed by atoms with Crippen molar-refractivity contribution in [1.29, 1.82) is 0 Å². The smallest absolute Gasteiger partial charge is 0.0742 e. The zero-order chi connectivity index (χ0) is 31.5. The highest BCUT2D eigenvalue weighted by molar-refractivity contribution is 4.47. The Morgan fingerprint density at radius 2 is 0.390 bits per heavy atom. The normalized spacial score (nSPS) is 11.0. The fraction of sp³-hybridized carbons (Fsp3) is 1.00. The number of rotatable bonds is 28. The molecular formula is C39H86O2. The number of hydrogen-bond acceptors (Lipinski definition) is 2. The molecule has 0 aromatic carbocycles. The lowest BCUT2D eigenvalue weighted by Gasteiger charge is -1.99. The summed E-state index contributed by atoms with van der Waals surface area (Å²) in [6, 6.07) is 0. The summed E-state index contributed by atoms with van der Waals surface area (Å²) >= 11 is 0. The van der Waals surface area contributed by atoms with Crippen LogP contribution in [-0.4, -0.2) is 22.9 Å². The predicted molar refractivity (Wildman–Crippen MR) is 191 cm³/mol. The maximum absolute atomic E-state index is 8.11. The van der Waals surface area contributed by atoms with Crippen molar-refractivity contribution in [3.05, 3.63) is 0 Å². The van der Waals surface area contributed by atoms with E-state index in [0.29, 0.717) is 0 Å². The van der Waals surface area contributed by atoms with Gasteiger partial charge in [-0.05, 0) is 6.92 Å². The molecule has 0 amide bonds. The van der Waals surface area contributed by atoms with Crippen molar-refractivity contribution in [1.82, 2.24) is 0 Å². The second-order valence-corrected chi connectivity index (χ2v) is 12.5. The summed E-state index contributed by atoms with van der Waals surface area (Å²) in [4.78, 5) is 0. The molecule has 0 aliphatic carbocycles. The Labute approximate surface area is 263 Å². The first-order valence-electron chi connectivity index (χ1n) is 19.3. The van der Waals surface area contributed by atoms with Crippen molar-refractivity contribution < 1.29 is 10.2 Å². The Bertz CT molecular complexity index is 278. The van der Waals surface area contributed by atoms with E-state index < -0.39 is 6.10 Å². The van der Waals surface area contributed by atoms with E-state index in [9.17, 15) is 0 Å². The molecule has 0 rings (SSSR count). The zero-order valence-corrected chi connectivity index (χ0v) is 30.4. The van der Waals surface area contributed by atoms with Gasteiger partial charge in [-0.3, -0.25) is 0 Å². The molecule has 254 valence electrons. The number of hydrogen-bond donors (Lipinski definition) is 2. The molecule has 1 unspecified atom stereocenters. The van der Waals surface area contributed by atoms with Gasteiger partial charge in [-0.25, -0.2) is 0 Å². The Balaban J connectivity index is -0.000000231. The van der Waals surface area contributed by atoms with Crippen LogP contribution in [0.25, 0.3) is 0 Å². The molecule has 2 heteroatoms. The standard InChI is InChI=1S/3C12H26.C3H8O2/c3*1-3-5-7-9-11-12-10-8-6-4-2;1-3(5)2-4/h3*3-12H2,1-2H3;3-5H,2H2,1H3. The lowest BCUT2D eigenvalue weighted by atomic mass is 10.1. The molecule has 0 aromatic rings. The van der Waals surface area contributed by atoms with Crippen molar-refractivity contribution in [2.75, 3.05) is 6.61 Å². The monoisotopic (exact) mass is 587 g/mol. The molecule has 0 saturated carbocycles. The number of aliphatic hydroxyl groups is 2. The van der Waals surface area contributed by atoms with Gasteiger partial charge < -0.3 is 10.2 Å². The Hall–Kier alpha value is -0.0800. The van der Waals surface area contributed by atoms with Gasteiger partial charge in [0.15, 0.2) is 0 Å². The van der Waals surface area contributed by atoms with Crippen LogP contribution in [-0.2, 0) is 0 Å². The summed E-state index contributed by atoms with van der Waals surface area (Å²) in [7, 11) is 0. The van der Waals surface area contributed by atoms with Gasteiger partial charge in [-0.2, -0.15) is 0 Å². The molecule has 0 heterocycles. The second kappa shape index (κ2) is 52.6. The molecule has 1 atom stereocenters. The Morgan fingerprint density at radius 1 is 0.293 bits per heavy atom. The maximum Gasteiger partial charge on any atom is 0.0742 e. The second-order valence-electron chi connectivity index (χ2n) is 12.5. The van der Waals surface area contributed by atoms with Gasteiger partial charge in [0.05, 0.1) is 12.7 Å². The van der Waals surface area contributed by atoms with Gasteiger partial charge in [0.2, 0.25) is 0 Å². The fourth-order valence-corrected chi connectivity index (χ4v) is 4.68. The van der Waals surface area contributed by atoms with Crippen LogP contribution >= 0.6 is 0 Å². The Morgan fingerprint density at radius 3 is 0.463 bits per heavy atom. The molecule has 0 bridgehead atoms. The number of aliphatic hydroxyl groups excluding tert-OH is 2. The molecule has 0 aromatic heterocycles. The minimum Gasteiger partial charge on any atom is -0.394 e. The molecule has 0 spiro atoms. The molecule has 0 radical (unpaired) electrons. The van der Waals surface area contributed by atoms with Gasteiger partial charge in [0, 0.05) is 0 Å². The molecule has 41 heavy (non-hydrogen) atoms. The van der Waals surface area contributed by atoms with Crippen molar-refractivity contribution in [2.24, 2.45) is 0 Å². The first-order chi connectivity index (χ1) is 20.0. The van der Waals surface area contributed by atoms with Crippen LogP contribution in [0.1, 0.15) is 241 Å². The quantitative estimate of drug-likeness (QED) is 0.0895. The zero-order valence-electron chi connectivity index (χ0n) is 30.4. The molecule has 2 nitrogen and oxygen atoms in total.